The Morgan fingerprint density at radius 3 is 2.69 bits per heavy atom. The van der Waals surface area contributed by atoms with Gasteiger partial charge in [-0.1, -0.05) is 35.0 Å². The molecule has 1 N–H and O–H groups in total. The van der Waals surface area contributed by atoms with E-state index < -0.39 is 4.92 Å². The first-order chi connectivity index (χ1) is 15.4. The summed E-state index contributed by atoms with van der Waals surface area (Å²) in [6.45, 7) is 5.66. The van der Waals surface area contributed by atoms with Crippen LogP contribution in [0.2, 0.25) is 0 Å². The van der Waals surface area contributed by atoms with Crippen molar-refractivity contribution in [2.24, 2.45) is 5.92 Å². The number of nitrogens with zero attached hydrogens (tertiary/aromatic N) is 4. The van der Waals surface area contributed by atoms with E-state index in [-0.39, 0.29) is 17.5 Å². The van der Waals surface area contributed by atoms with E-state index in [4.69, 9.17) is 4.52 Å². The third-order valence-electron chi connectivity index (χ3n) is 5.82. The van der Waals surface area contributed by atoms with E-state index in [9.17, 15) is 14.9 Å². The lowest BCUT2D eigenvalue weighted by Crippen LogP contribution is -2.37. The number of carbonyl (C=O) groups excluding carboxylic acids is 1. The van der Waals surface area contributed by atoms with Crippen molar-refractivity contribution in [1.29, 1.82) is 0 Å². The molecule has 0 unspecified atom stereocenters. The molecule has 9 nitrogen and oxygen atoms in total. The first-order valence-corrected chi connectivity index (χ1v) is 10.6. The Balaban J connectivity index is 1.31. The summed E-state index contributed by atoms with van der Waals surface area (Å²) in [6.07, 6.45) is 1.39. The average Bonchev–Trinajstić information content (AvgIpc) is 3.24. The van der Waals surface area contributed by atoms with Gasteiger partial charge in [0.05, 0.1) is 22.7 Å². The van der Waals surface area contributed by atoms with Crippen molar-refractivity contribution in [3.05, 3.63) is 69.6 Å². The Labute approximate surface area is 185 Å². The topological polar surface area (TPSA) is 114 Å². The molecule has 166 valence electrons. The second kappa shape index (κ2) is 9.27. The number of nitrogens with one attached hydrogen (secondary N) is 1. The minimum absolute atomic E-state index is 0.00205. The molecule has 1 saturated heterocycles. The summed E-state index contributed by atoms with van der Waals surface area (Å²) in [6, 6.07) is 12.7. The first-order valence-electron chi connectivity index (χ1n) is 10.6. The van der Waals surface area contributed by atoms with Crippen LogP contribution in [0.25, 0.3) is 11.4 Å². The number of nitro benzene ring substituents is 1. The molecule has 3 aromatic rings. The Hall–Kier alpha value is -3.59. The van der Waals surface area contributed by atoms with Crippen LogP contribution in [0.15, 0.2) is 47.0 Å². The van der Waals surface area contributed by atoms with Crippen LogP contribution in [0.3, 0.4) is 0 Å². The number of benzene rings is 2. The summed E-state index contributed by atoms with van der Waals surface area (Å²) in [7, 11) is 0. The fraction of sp³-hybridized carbons (Fsp3) is 0.348. The third kappa shape index (κ3) is 4.83. The SMILES string of the molecule is Cc1cccc(-c2noc(CN3CCC(C(=O)Nc4cccc([N+](=O)[O-])c4C)CC3)n2)c1. The number of rotatable bonds is 6. The number of hydrogen-bond acceptors (Lipinski definition) is 7. The van der Waals surface area contributed by atoms with Crippen molar-refractivity contribution in [1.82, 2.24) is 15.0 Å². The van der Waals surface area contributed by atoms with E-state index in [0.29, 0.717) is 42.4 Å². The molecule has 1 aromatic heterocycles. The zero-order valence-electron chi connectivity index (χ0n) is 18.1. The van der Waals surface area contributed by atoms with Crippen LogP contribution in [0.5, 0.6) is 0 Å². The number of likely N-dealkylation sites (tertiary alicyclic amines) is 1. The van der Waals surface area contributed by atoms with Gasteiger partial charge in [-0.05, 0) is 51.9 Å². The van der Waals surface area contributed by atoms with E-state index in [1.807, 2.05) is 31.2 Å². The zero-order chi connectivity index (χ0) is 22.7. The molecule has 4 rings (SSSR count). The summed E-state index contributed by atoms with van der Waals surface area (Å²) in [5, 5.41) is 18.1. The van der Waals surface area contributed by atoms with Crippen LogP contribution >= 0.6 is 0 Å². The minimum Gasteiger partial charge on any atom is -0.338 e. The van der Waals surface area contributed by atoms with Gasteiger partial charge >= 0.3 is 0 Å². The Kier molecular flexibility index (Phi) is 6.27. The van der Waals surface area contributed by atoms with Gasteiger partial charge in [0.1, 0.15) is 0 Å². The molecule has 2 aromatic carbocycles. The molecule has 0 bridgehead atoms. The van der Waals surface area contributed by atoms with Crippen LogP contribution in [-0.2, 0) is 11.3 Å². The number of piperidine rings is 1. The van der Waals surface area contributed by atoms with E-state index in [1.165, 1.54) is 6.07 Å². The summed E-state index contributed by atoms with van der Waals surface area (Å²) >= 11 is 0. The third-order valence-corrected chi connectivity index (χ3v) is 5.82. The van der Waals surface area contributed by atoms with Crippen molar-refractivity contribution in [2.75, 3.05) is 18.4 Å². The Bertz CT molecular complexity index is 1130. The van der Waals surface area contributed by atoms with Gasteiger partial charge in [0, 0.05) is 17.5 Å². The van der Waals surface area contributed by atoms with Crippen LogP contribution in [-0.4, -0.2) is 39.0 Å². The largest absolute Gasteiger partial charge is 0.338 e. The number of aryl methyl sites for hydroxylation is 1. The molecule has 0 radical (unpaired) electrons. The van der Waals surface area contributed by atoms with Gasteiger partial charge in [0.15, 0.2) is 0 Å². The highest BCUT2D eigenvalue weighted by molar-refractivity contribution is 5.93. The van der Waals surface area contributed by atoms with E-state index in [0.717, 1.165) is 24.2 Å². The number of carbonyl (C=O) groups is 1. The summed E-state index contributed by atoms with van der Waals surface area (Å²) in [5.41, 5.74) is 3.01. The molecule has 0 saturated carbocycles. The second-order valence-electron chi connectivity index (χ2n) is 8.13. The van der Waals surface area contributed by atoms with Gasteiger partial charge in [0.2, 0.25) is 17.6 Å². The fourth-order valence-corrected chi connectivity index (χ4v) is 3.96. The van der Waals surface area contributed by atoms with Crippen molar-refractivity contribution >= 4 is 17.3 Å². The molecule has 9 heteroatoms. The van der Waals surface area contributed by atoms with Crippen molar-refractivity contribution < 1.29 is 14.2 Å². The molecule has 0 spiro atoms. The lowest BCUT2D eigenvalue weighted by Gasteiger charge is -2.30. The number of anilines is 1. The highest BCUT2D eigenvalue weighted by atomic mass is 16.6. The van der Waals surface area contributed by atoms with Gasteiger partial charge in [0.25, 0.3) is 5.69 Å². The van der Waals surface area contributed by atoms with Gasteiger partial charge in [-0.25, -0.2) is 0 Å². The summed E-state index contributed by atoms with van der Waals surface area (Å²) in [4.78, 5) is 30.1. The maximum atomic E-state index is 12.7. The summed E-state index contributed by atoms with van der Waals surface area (Å²) < 4.78 is 5.42. The molecule has 2 heterocycles. The van der Waals surface area contributed by atoms with E-state index in [2.05, 4.69) is 20.4 Å². The van der Waals surface area contributed by atoms with Crippen LogP contribution in [0.1, 0.15) is 29.9 Å². The standard InChI is InChI=1S/C23H25N5O4/c1-15-5-3-6-18(13-15)22-25-21(32-26-22)14-27-11-9-17(10-12-27)23(29)24-19-7-4-8-20(16(19)2)28(30)31/h3-8,13,17H,9-12,14H2,1-2H3,(H,24,29). The molecular weight excluding hydrogens is 410 g/mol. The zero-order valence-corrected chi connectivity index (χ0v) is 18.1. The predicted molar refractivity (Wildman–Crippen MR) is 119 cm³/mol. The fourth-order valence-electron chi connectivity index (χ4n) is 3.96. The van der Waals surface area contributed by atoms with Crippen LogP contribution in [0.4, 0.5) is 11.4 Å². The van der Waals surface area contributed by atoms with Gasteiger partial charge in [-0.2, -0.15) is 4.98 Å². The molecule has 1 amide bonds. The Morgan fingerprint density at radius 2 is 1.97 bits per heavy atom. The highest BCUT2D eigenvalue weighted by Crippen LogP contribution is 2.27. The van der Waals surface area contributed by atoms with Crippen molar-refractivity contribution in [2.45, 2.75) is 33.2 Å². The van der Waals surface area contributed by atoms with Gasteiger partial charge in [-0.15, -0.1) is 0 Å². The first kappa shape index (κ1) is 21.6. The van der Waals surface area contributed by atoms with E-state index in [1.54, 1.807) is 19.1 Å². The van der Waals surface area contributed by atoms with Gasteiger partial charge in [-0.3, -0.25) is 19.8 Å². The number of nitro groups is 1. The normalized spacial score (nSPS) is 14.9. The van der Waals surface area contributed by atoms with E-state index >= 15 is 0 Å². The smallest absolute Gasteiger partial charge is 0.274 e. The molecule has 1 aliphatic heterocycles. The average molecular weight is 435 g/mol. The number of hydrogen-bond donors (Lipinski definition) is 1. The van der Waals surface area contributed by atoms with Crippen LogP contribution in [0, 0.1) is 29.9 Å². The molecule has 0 atom stereocenters. The van der Waals surface area contributed by atoms with Crippen molar-refractivity contribution in [3.8, 4) is 11.4 Å². The number of aromatic nitrogens is 2. The number of amides is 1. The molecule has 32 heavy (non-hydrogen) atoms. The second-order valence-corrected chi connectivity index (χ2v) is 8.13. The maximum absolute atomic E-state index is 12.7. The lowest BCUT2D eigenvalue weighted by atomic mass is 9.95. The van der Waals surface area contributed by atoms with Crippen LogP contribution < -0.4 is 5.32 Å². The minimum atomic E-state index is -0.439. The quantitative estimate of drug-likeness (QED) is 0.458. The molecule has 1 fully saturated rings. The molecular formula is C23H25N5O4. The highest BCUT2D eigenvalue weighted by Gasteiger charge is 2.27. The van der Waals surface area contributed by atoms with Gasteiger partial charge < -0.3 is 9.84 Å². The summed E-state index contributed by atoms with van der Waals surface area (Å²) in [5.74, 6) is 0.880. The van der Waals surface area contributed by atoms with Crippen molar-refractivity contribution in [3.63, 3.8) is 0 Å². The lowest BCUT2D eigenvalue weighted by molar-refractivity contribution is -0.385. The Morgan fingerprint density at radius 1 is 1.22 bits per heavy atom. The predicted octanol–water partition coefficient (Wildman–Crippen LogP) is 4.11. The maximum Gasteiger partial charge on any atom is 0.274 e. The molecule has 0 aliphatic carbocycles. The monoisotopic (exact) mass is 435 g/mol. The molecule has 1 aliphatic rings.